The van der Waals surface area contributed by atoms with Crippen molar-refractivity contribution in [3.8, 4) is 0 Å². The van der Waals surface area contributed by atoms with Crippen LogP contribution in [0.2, 0.25) is 0 Å². The highest BCUT2D eigenvalue weighted by Crippen LogP contribution is 2.14. The van der Waals surface area contributed by atoms with Crippen molar-refractivity contribution < 1.29 is 4.79 Å². The van der Waals surface area contributed by atoms with Crippen molar-refractivity contribution in [1.82, 2.24) is 0 Å². The van der Waals surface area contributed by atoms with E-state index < -0.39 is 0 Å². The number of amides is 1. The summed E-state index contributed by atoms with van der Waals surface area (Å²) in [7, 11) is 0. The molecule has 4 heteroatoms. The monoisotopic (exact) mass is 183 g/mol. The largest absolute Gasteiger partial charge is 0.279 e. The van der Waals surface area contributed by atoms with Gasteiger partial charge < -0.3 is 0 Å². The molecule has 0 aromatic heterocycles. The number of carbonyl (C=O) groups excluding carboxylic acids is 1. The number of hydrogen-bond donors (Lipinski definition) is 0. The fraction of sp³-hybridized carbons (Fsp3) is 0. The van der Waals surface area contributed by atoms with E-state index in [1.807, 2.05) is 12.1 Å². The zero-order valence-corrected chi connectivity index (χ0v) is 7.14. The third-order valence-electron chi connectivity index (χ3n) is 2.23. The molecular weight excluding hydrogens is 178 g/mol. The van der Waals surface area contributed by atoms with Gasteiger partial charge in [-0.1, -0.05) is 6.07 Å². The van der Waals surface area contributed by atoms with Crippen molar-refractivity contribution in [1.29, 1.82) is 0 Å². The zero-order valence-electron chi connectivity index (χ0n) is 7.14. The van der Waals surface area contributed by atoms with E-state index in [0.717, 1.165) is 10.6 Å². The molecule has 1 amide bonds. The first-order valence-corrected chi connectivity index (χ1v) is 4.18. The van der Waals surface area contributed by atoms with Gasteiger partial charge >= 0.3 is 0 Å². The Labute approximate surface area is 79.0 Å². The molecule has 2 heterocycles. The molecule has 0 aliphatic carbocycles. The molecule has 2 aliphatic rings. The van der Waals surface area contributed by atoms with Gasteiger partial charge in [-0.05, 0) is 17.4 Å². The Morgan fingerprint density at radius 1 is 1.14 bits per heavy atom. The van der Waals surface area contributed by atoms with Crippen molar-refractivity contribution in [2.24, 2.45) is 15.0 Å². The second-order valence-corrected chi connectivity index (χ2v) is 3.02. The van der Waals surface area contributed by atoms with Gasteiger partial charge in [0.1, 0.15) is 12.0 Å². The maximum atomic E-state index is 11.5. The Balaban J connectivity index is 2.52. The summed E-state index contributed by atoms with van der Waals surface area (Å²) in [5, 5.41) is 1.60. The number of rotatable bonds is 0. The fourth-order valence-electron chi connectivity index (χ4n) is 1.59. The second-order valence-electron chi connectivity index (χ2n) is 3.02. The summed E-state index contributed by atoms with van der Waals surface area (Å²) in [5.74, 6) is -0.242. The lowest BCUT2D eigenvalue weighted by molar-refractivity contribution is 0.100. The summed E-state index contributed by atoms with van der Waals surface area (Å²) in [6.07, 6.45) is 4.76. The van der Waals surface area contributed by atoms with Crippen LogP contribution in [-0.2, 0) is 0 Å². The van der Waals surface area contributed by atoms with E-state index in [2.05, 4.69) is 15.0 Å². The van der Waals surface area contributed by atoms with Crippen molar-refractivity contribution in [2.75, 3.05) is 0 Å². The number of carbonyl (C=O) groups is 1. The van der Waals surface area contributed by atoms with Crippen LogP contribution in [0.1, 0.15) is 10.4 Å². The van der Waals surface area contributed by atoms with Gasteiger partial charge in [0.25, 0.3) is 5.91 Å². The molecule has 0 atom stereocenters. The van der Waals surface area contributed by atoms with Gasteiger partial charge in [-0.15, -0.1) is 0 Å². The Morgan fingerprint density at radius 2 is 2.07 bits per heavy atom. The van der Waals surface area contributed by atoms with Gasteiger partial charge in [-0.2, -0.15) is 0 Å². The van der Waals surface area contributed by atoms with Crippen molar-refractivity contribution in [3.05, 3.63) is 28.3 Å². The molecule has 66 valence electrons. The van der Waals surface area contributed by atoms with Gasteiger partial charge in [0.05, 0.1) is 10.9 Å². The van der Waals surface area contributed by atoms with Crippen LogP contribution < -0.4 is 10.6 Å². The van der Waals surface area contributed by atoms with Crippen molar-refractivity contribution in [2.45, 2.75) is 0 Å². The second kappa shape index (κ2) is 2.45. The third kappa shape index (κ3) is 0.821. The molecule has 0 fully saturated rings. The standard InChI is InChI=1S/C10H5N3O/c14-10-8-6(3-4-11-10)1-2-7-9(8)13-5-12-7/h1-5H. The van der Waals surface area contributed by atoms with Crippen LogP contribution in [0.25, 0.3) is 6.08 Å². The Hall–Kier alpha value is -2.10. The van der Waals surface area contributed by atoms with Crippen LogP contribution in [0.15, 0.2) is 27.1 Å². The average molecular weight is 183 g/mol. The molecular formula is C10H5N3O. The molecule has 0 spiro atoms. The molecule has 0 saturated carbocycles. The Morgan fingerprint density at radius 3 is 3.00 bits per heavy atom. The van der Waals surface area contributed by atoms with Gasteiger partial charge in [0.2, 0.25) is 0 Å². The molecule has 4 nitrogen and oxygen atoms in total. The highest BCUT2D eigenvalue weighted by molar-refractivity contribution is 6.12. The first kappa shape index (κ1) is 7.32. The van der Waals surface area contributed by atoms with Crippen molar-refractivity contribution >= 4 is 30.2 Å². The maximum Gasteiger partial charge on any atom is 0.279 e. The average Bonchev–Trinajstić information content (AvgIpc) is 2.65. The lowest BCUT2D eigenvalue weighted by Gasteiger charge is -2.03. The van der Waals surface area contributed by atoms with Crippen LogP contribution in [-0.4, -0.2) is 18.5 Å². The zero-order chi connectivity index (χ0) is 9.54. The first-order valence-electron chi connectivity index (χ1n) is 4.18. The molecule has 3 rings (SSSR count). The SMILES string of the molecule is O=C1N=CC=c2ccc3c(c21)N=CN=3. The van der Waals surface area contributed by atoms with E-state index in [0.29, 0.717) is 11.3 Å². The van der Waals surface area contributed by atoms with Gasteiger partial charge in [-0.3, -0.25) is 4.79 Å². The van der Waals surface area contributed by atoms with Crippen molar-refractivity contribution in [3.63, 3.8) is 0 Å². The number of benzene rings is 1. The quantitative estimate of drug-likeness (QED) is 0.557. The lowest BCUT2D eigenvalue weighted by Crippen LogP contribution is -2.21. The normalized spacial score (nSPS) is 15.9. The fourth-order valence-corrected chi connectivity index (χ4v) is 1.59. The molecule has 0 radical (unpaired) electrons. The summed E-state index contributed by atoms with van der Waals surface area (Å²) in [4.78, 5) is 23.3. The molecule has 14 heavy (non-hydrogen) atoms. The maximum absolute atomic E-state index is 11.5. The molecule has 0 N–H and O–H groups in total. The first-order chi connectivity index (χ1) is 6.86. The summed E-state index contributed by atoms with van der Waals surface area (Å²) in [6.45, 7) is 0. The van der Waals surface area contributed by atoms with Crippen LogP contribution >= 0.6 is 0 Å². The molecule has 1 aromatic rings. The number of nitrogens with zero attached hydrogens (tertiary/aromatic N) is 3. The number of hydrogen-bond acceptors (Lipinski definition) is 3. The van der Waals surface area contributed by atoms with E-state index in [4.69, 9.17) is 0 Å². The molecule has 0 saturated heterocycles. The number of fused-ring (bicyclic) bond motifs is 3. The summed E-state index contributed by atoms with van der Waals surface area (Å²) in [6, 6.07) is 3.71. The van der Waals surface area contributed by atoms with E-state index in [1.54, 1.807) is 6.08 Å². The highest BCUT2D eigenvalue weighted by Gasteiger charge is 2.16. The Bertz CT molecular complexity index is 611. The third-order valence-corrected chi connectivity index (χ3v) is 2.23. The van der Waals surface area contributed by atoms with E-state index >= 15 is 0 Å². The van der Waals surface area contributed by atoms with E-state index in [1.165, 1.54) is 12.6 Å². The highest BCUT2D eigenvalue weighted by atomic mass is 16.1. The predicted molar refractivity (Wildman–Crippen MR) is 52.7 cm³/mol. The minimum Gasteiger partial charge on any atom is -0.267 e. The van der Waals surface area contributed by atoms with Crippen LogP contribution in [0.4, 0.5) is 5.69 Å². The molecule has 0 bridgehead atoms. The smallest absolute Gasteiger partial charge is 0.267 e. The van der Waals surface area contributed by atoms with E-state index in [9.17, 15) is 4.79 Å². The van der Waals surface area contributed by atoms with Gasteiger partial charge in [0, 0.05) is 6.21 Å². The lowest BCUT2D eigenvalue weighted by atomic mass is 10.1. The van der Waals surface area contributed by atoms with Crippen LogP contribution in [0.5, 0.6) is 0 Å². The summed E-state index contributed by atoms with van der Waals surface area (Å²) in [5.41, 5.74) is 1.20. The molecule has 2 aliphatic heterocycles. The molecule has 0 unspecified atom stereocenters. The minimum absolute atomic E-state index is 0.242. The van der Waals surface area contributed by atoms with Gasteiger partial charge in [-0.25, -0.2) is 15.0 Å². The van der Waals surface area contributed by atoms with Gasteiger partial charge in [0.15, 0.2) is 0 Å². The predicted octanol–water partition coefficient (Wildman–Crippen LogP) is -0.0153. The number of aliphatic imine (C=N–C) groups is 2. The topological polar surface area (TPSA) is 54.1 Å². The molecule has 1 aromatic carbocycles. The van der Waals surface area contributed by atoms with Crippen LogP contribution in [0.3, 0.4) is 0 Å². The minimum atomic E-state index is -0.242. The summed E-state index contributed by atoms with van der Waals surface area (Å²) < 4.78 is 0. The summed E-state index contributed by atoms with van der Waals surface area (Å²) >= 11 is 0. The van der Waals surface area contributed by atoms with E-state index in [-0.39, 0.29) is 5.91 Å². The Kier molecular flexibility index (Phi) is 1.28. The van der Waals surface area contributed by atoms with Crippen LogP contribution in [0, 0.1) is 0 Å².